The molecule has 0 aliphatic carbocycles. The number of amides is 1. The number of rotatable bonds is 7. The lowest BCUT2D eigenvalue weighted by molar-refractivity contribution is -0.126. The summed E-state index contributed by atoms with van der Waals surface area (Å²) in [5.41, 5.74) is 1.33. The van der Waals surface area contributed by atoms with Crippen LogP contribution in [0.25, 0.3) is 11.0 Å². The summed E-state index contributed by atoms with van der Waals surface area (Å²) >= 11 is 0. The standard InChI is InChI=1S/C21H27N5O4S/c1-15(2)26-20-8-7-18(13-19(20)23-24-26)31(28,29)25-11-3-5-16(14-25)21(27)22-10-9-17-6-4-12-30-17/h4,6-8,12-13,15-16H,3,5,9-11,14H2,1-2H3,(H,22,27). The van der Waals surface area contributed by atoms with E-state index in [1.165, 1.54) is 4.31 Å². The van der Waals surface area contributed by atoms with Crippen LogP contribution >= 0.6 is 0 Å². The Balaban J connectivity index is 1.44. The van der Waals surface area contributed by atoms with Gasteiger partial charge in [0.05, 0.1) is 22.6 Å². The van der Waals surface area contributed by atoms with Gasteiger partial charge < -0.3 is 9.73 Å². The molecule has 0 radical (unpaired) electrons. The van der Waals surface area contributed by atoms with Gasteiger partial charge in [0.25, 0.3) is 0 Å². The second-order valence-electron chi connectivity index (χ2n) is 8.10. The number of hydrogen-bond donors (Lipinski definition) is 1. The number of carbonyl (C=O) groups is 1. The van der Waals surface area contributed by atoms with Crippen molar-refractivity contribution in [3.05, 3.63) is 42.4 Å². The molecule has 1 aliphatic rings. The van der Waals surface area contributed by atoms with Crippen LogP contribution in [0.15, 0.2) is 45.9 Å². The molecule has 1 N–H and O–H groups in total. The van der Waals surface area contributed by atoms with Gasteiger partial charge in [-0.1, -0.05) is 5.21 Å². The van der Waals surface area contributed by atoms with E-state index in [1.807, 2.05) is 26.0 Å². The van der Waals surface area contributed by atoms with Gasteiger partial charge in [-0.3, -0.25) is 4.79 Å². The van der Waals surface area contributed by atoms with Gasteiger partial charge >= 0.3 is 0 Å². The van der Waals surface area contributed by atoms with Crippen LogP contribution in [-0.4, -0.2) is 53.3 Å². The molecule has 0 saturated carbocycles. The average molecular weight is 446 g/mol. The van der Waals surface area contributed by atoms with E-state index in [9.17, 15) is 13.2 Å². The highest BCUT2D eigenvalue weighted by atomic mass is 32.2. The molecule has 1 atom stereocenters. The first kappa shape index (κ1) is 21.5. The summed E-state index contributed by atoms with van der Waals surface area (Å²) in [7, 11) is -3.73. The SMILES string of the molecule is CC(C)n1nnc2cc(S(=O)(=O)N3CCCC(C(=O)NCCc4ccco4)C3)ccc21. The Hall–Kier alpha value is -2.72. The number of sulfonamides is 1. The van der Waals surface area contributed by atoms with E-state index < -0.39 is 10.0 Å². The fraction of sp³-hybridized carbons (Fsp3) is 0.476. The van der Waals surface area contributed by atoms with Crippen LogP contribution in [0.4, 0.5) is 0 Å². The van der Waals surface area contributed by atoms with Crippen LogP contribution in [0.2, 0.25) is 0 Å². The third-order valence-corrected chi connectivity index (χ3v) is 7.44. The second-order valence-corrected chi connectivity index (χ2v) is 10.0. The van der Waals surface area contributed by atoms with Gasteiger partial charge in [0.1, 0.15) is 11.3 Å². The fourth-order valence-electron chi connectivity index (χ4n) is 3.90. The quantitative estimate of drug-likeness (QED) is 0.598. The van der Waals surface area contributed by atoms with Crippen molar-refractivity contribution in [2.24, 2.45) is 5.92 Å². The molecule has 1 aromatic carbocycles. The molecule has 166 valence electrons. The molecule has 4 rings (SSSR count). The maximum absolute atomic E-state index is 13.2. The van der Waals surface area contributed by atoms with Crippen molar-refractivity contribution >= 4 is 27.0 Å². The molecular formula is C21H27N5O4S. The highest BCUT2D eigenvalue weighted by molar-refractivity contribution is 7.89. The Labute approximate surface area is 181 Å². The third kappa shape index (κ3) is 4.49. The summed E-state index contributed by atoms with van der Waals surface area (Å²) in [6.07, 6.45) is 3.51. The van der Waals surface area contributed by atoms with Crippen LogP contribution in [0.1, 0.15) is 38.5 Å². The van der Waals surface area contributed by atoms with E-state index in [-0.39, 0.29) is 29.3 Å². The molecule has 0 bridgehead atoms. The van der Waals surface area contributed by atoms with Gasteiger partial charge in [0.2, 0.25) is 15.9 Å². The Kier molecular flexibility index (Phi) is 6.10. The molecule has 1 unspecified atom stereocenters. The highest BCUT2D eigenvalue weighted by Crippen LogP contribution is 2.26. The summed E-state index contributed by atoms with van der Waals surface area (Å²) in [6.45, 7) is 5.01. The first-order chi connectivity index (χ1) is 14.9. The Morgan fingerprint density at radius 3 is 2.90 bits per heavy atom. The van der Waals surface area contributed by atoms with Gasteiger partial charge in [0.15, 0.2) is 0 Å². The Bertz CT molecular complexity index is 1150. The lowest BCUT2D eigenvalue weighted by Gasteiger charge is -2.31. The number of benzene rings is 1. The zero-order chi connectivity index (χ0) is 22.0. The smallest absolute Gasteiger partial charge is 0.243 e. The number of fused-ring (bicyclic) bond motifs is 1. The molecule has 9 nitrogen and oxygen atoms in total. The van der Waals surface area contributed by atoms with Crippen LogP contribution in [0.5, 0.6) is 0 Å². The molecule has 3 aromatic rings. The molecule has 1 fully saturated rings. The third-order valence-electron chi connectivity index (χ3n) is 5.58. The molecule has 1 aliphatic heterocycles. The van der Waals surface area contributed by atoms with Crippen molar-refractivity contribution in [1.29, 1.82) is 0 Å². The summed E-state index contributed by atoms with van der Waals surface area (Å²) in [5.74, 6) is 0.311. The van der Waals surface area contributed by atoms with Crippen molar-refractivity contribution in [3.8, 4) is 0 Å². The molecule has 10 heteroatoms. The zero-order valence-corrected chi connectivity index (χ0v) is 18.5. The summed E-state index contributed by atoms with van der Waals surface area (Å²) < 4.78 is 34.9. The molecule has 1 saturated heterocycles. The van der Waals surface area contributed by atoms with E-state index in [2.05, 4.69) is 15.6 Å². The van der Waals surface area contributed by atoms with E-state index in [0.29, 0.717) is 37.9 Å². The number of hydrogen-bond acceptors (Lipinski definition) is 6. The minimum absolute atomic E-state index is 0.123. The lowest BCUT2D eigenvalue weighted by Crippen LogP contribution is -2.45. The fourth-order valence-corrected chi connectivity index (χ4v) is 5.44. The predicted octanol–water partition coefficient (Wildman–Crippen LogP) is 2.36. The maximum Gasteiger partial charge on any atom is 0.243 e. The van der Waals surface area contributed by atoms with Crippen LogP contribution in [0.3, 0.4) is 0 Å². The number of aromatic nitrogens is 3. The number of carbonyl (C=O) groups excluding carboxylic acids is 1. The van der Waals surface area contributed by atoms with Gasteiger partial charge in [-0.2, -0.15) is 4.31 Å². The monoisotopic (exact) mass is 445 g/mol. The number of piperidine rings is 1. The first-order valence-electron chi connectivity index (χ1n) is 10.5. The number of nitrogens with one attached hydrogen (secondary N) is 1. The van der Waals surface area contributed by atoms with E-state index in [0.717, 1.165) is 11.3 Å². The van der Waals surface area contributed by atoms with E-state index in [1.54, 1.807) is 29.1 Å². The largest absolute Gasteiger partial charge is 0.469 e. The van der Waals surface area contributed by atoms with Crippen LogP contribution in [0, 0.1) is 5.92 Å². The summed E-state index contributed by atoms with van der Waals surface area (Å²) in [6, 6.07) is 8.68. The van der Waals surface area contributed by atoms with Gasteiger partial charge in [-0.05, 0) is 57.0 Å². The highest BCUT2D eigenvalue weighted by Gasteiger charge is 2.33. The van der Waals surface area contributed by atoms with Gasteiger partial charge in [0, 0.05) is 32.1 Å². The van der Waals surface area contributed by atoms with Gasteiger partial charge in [-0.25, -0.2) is 13.1 Å². The van der Waals surface area contributed by atoms with Crippen LogP contribution < -0.4 is 5.32 Å². The molecule has 3 heterocycles. The predicted molar refractivity (Wildman–Crippen MR) is 115 cm³/mol. The van der Waals surface area contributed by atoms with E-state index in [4.69, 9.17) is 4.42 Å². The summed E-state index contributed by atoms with van der Waals surface area (Å²) in [4.78, 5) is 12.8. The van der Waals surface area contributed by atoms with Crippen molar-refractivity contribution in [2.45, 2.75) is 44.0 Å². The van der Waals surface area contributed by atoms with Gasteiger partial charge in [-0.15, -0.1) is 5.10 Å². The van der Waals surface area contributed by atoms with Crippen molar-refractivity contribution < 1.29 is 17.6 Å². The summed E-state index contributed by atoms with van der Waals surface area (Å²) in [5, 5.41) is 11.1. The minimum Gasteiger partial charge on any atom is -0.469 e. The molecule has 31 heavy (non-hydrogen) atoms. The van der Waals surface area contributed by atoms with Crippen molar-refractivity contribution in [2.75, 3.05) is 19.6 Å². The normalized spacial score (nSPS) is 18.0. The number of furan rings is 1. The van der Waals surface area contributed by atoms with E-state index >= 15 is 0 Å². The molecular weight excluding hydrogens is 418 g/mol. The Morgan fingerprint density at radius 1 is 1.32 bits per heavy atom. The zero-order valence-electron chi connectivity index (χ0n) is 17.7. The van der Waals surface area contributed by atoms with Crippen molar-refractivity contribution in [1.82, 2.24) is 24.6 Å². The Morgan fingerprint density at radius 2 is 2.16 bits per heavy atom. The first-order valence-corrected chi connectivity index (χ1v) is 12.0. The van der Waals surface area contributed by atoms with Crippen LogP contribution in [-0.2, 0) is 21.2 Å². The van der Waals surface area contributed by atoms with Crippen molar-refractivity contribution in [3.63, 3.8) is 0 Å². The topological polar surface area (TPSA) is 110 Å². The minimum atomic E-state index is -3.73. The molecule has 2 aromatic heterocycles. The molecule has 1 amide bonds. The number of nitrogens with zero attached hydrogens (tertiary/aromatic N) is 4. The maximum atomic E-state index is 13.2. The lowest BCUT2D eigenvalue weighted by atomic mass is 9.99. The second kappa shape index (κ2) is 8.80. The average Bonchev–Trinajstić information content (AvgIpc) is 3.43. The molecule has 0 spiro atoms.